The van der Waals surface area contributed by atoms with E-state index < -0.39 is 0 Å². The maximum Gasteiger partial charge on any atom is 0.138 e. The lowest BCUT2D eigenvalue weighted by atomic mass is 10.0. The second-order valence-electron chi connectivity index (χ2n) is 6.86. The molecule has 0 aliphatic carbocycles. The summed E-state index contributed by atoms with van der Waals surface area (Å²) >= 11 is 0. The molecule has 2 aromatic heterocycles. The zero-order chi connectivity index (χ0) is 19.1. The van der Waals surface area contributed by atoms with E-state index in [0.29, 0.717) is 0 Å². The number of anilines is 1. The molecule has 3 aromatic carbocycles. The summed E-state index contributed by atoms with van der Waals surface area (Å²) in [6, 6.07) is 24.6. The Bertz CT molecular complexity index is 1300. The van der Waals surface area contributed by atoms with Gasteiger partial charge in [-0.3, -0.25) is 0 Å². The summed E-state index contributed by atoms with van der Waals surface area (Å²) in [7, 11) is 1.68. The summed E-state index contributed by atoms with van der Waals surface area (Å²) in [4.78, 5) is 8.05. The molecule has 5 rings (SSSR count). The Hall–Kier alpha value is -3.79. The van der Waals surface area contributed by atoms with E-state index in [4.69, 9.17) is 10.5 Å². The molecule has 0 saturated carbocycles. The first-order valence-electron chi connectivity index (χ1n) is 9.13. The summed E-state index contributed by atoms with van der Waals surface area (Å²) in [5.74, 6) is 0.855. The summed E-state index contributed by atoms with van der Waals surface area (Å²) in [5, 5.41) is 2.26. The molecular weight excluding hydrogens is 346 g/mol. The number of benzene rings is 3. The van der Waals surface area contributed by atoms with Crippen molar-refractivity contribution in [2.75, 3.05) is 12.8 Å². The summed E-state index contributed by atoms with van der Waals surface area (Å²) < 4.78 is 5.26. The van der Waals surface area contributed by atoms with Crippen molar-refractivity contribution in [2.45, 2.75) is 0 Å². The minimum atomic E-state index is 0.748. The number of H-pyrrole nitrogens is 1. The van der Waals surface area contributed by atoms with Crippen LogP contribution in [0.1, 0.15) is 0 Å². The lowest BCUT2D eigenvalue weighted by Gasteiger charge is -2.05. The van der Waals surface area contributed by atoms with E-state index in [2.05, 4.69) is 52.4 Å². The van der Waals surface area contributed by atoms with Crippen molar-refractivity contribution in [1.29, 1.82) is 0 Å². The van der Waals surface area contributed by atoms with Gasteiger partial charge in [-0.2, -0.15) is 0 Å². The minimum absolute atomic E-state index is 0.748. The molecule has 3 N–H and O–H groups in total. The van der Waals surface area contributed by atoms with E-state index in [1.165, 1.54) is 0 Å². The Labute approximate surface area is 162 Å². The zero-order valence-electron chi connectivity index (χ0n) is 15.4. The van der Waals surface area contributed by atoms with Crippen LogP contribution in [0, 0.1) is 0 Å². The quantitative estimate of drug-likeness (QED) is 0.407. The molecule has 0 amide bonds. The standard InChI is InChI=1S/C24H19N3O/c1-28-20-8-5-15(6-9-20)17-7-10-23-21(12-17)22-13-18(14-26-24(22)27-23)16-3-2-4-19(25)11-16/h2-14H,25H2,1H3,(H,26,27). The second-order valence-corrected chi connectivity index (χ2v) is 6.86. The molecule has 4 nitrogen and oxygen atoms in total. The molecule has 0 saturated heterocycles. The maximum atomic E-state index is 5.95. The van der Waals surface area contributed by atoms with Gasteiger partial charge in [-0.05, 0) is 59.2 Å². The molecule has 0 atom stereocenters. The minimum Gasteiger partial charge on any atom is -0.497 e. The molecule has 0 aliphatic heterocycles. The monoisotopic (exact) mass is 365 g/mol. The predicted octanol–water partition coefficient (Wildman–Crippen LogP) is 5.64. The topological polar surface area (TPSA) is 63.9 Å². The highest BCUT2D eigenvalue weighted by Crippen LogP contribution is 2.32. The second kappa shape index (κ2) is 6.43. The first kappa shape index (κ1) is 16.4. The highest BCUT2D eigenvalue weighted by atomic mass is 16.5. The van der Waals surface area contributed by atoms with Gasteiger partial charge in [0, 0.05) is 33.7 Å². The third kappa shape index (κ3) is 2.76. The summed E-state index contributed by atoms with van der Waals surface area (Å²) in [6.45, 7) is 0. The number of nitrogens with one attached hydrogen (secondary N) is 1. The largest absolute Gasteiger partial charge is 0.497 e. The maximum absolute atomic E-state index is 5.95. The molecule has 136 valence electrons. The number of aromatic amines is 1. The fourth-order valence-electron chi connectivity index (χ4n) is 3.61. The Kier molecular flexibility index (Phi) is 3.76. The highest BCUT2D eigenvalue weighted by molar-refractivity contribution is 6.08. The number of nitrogen functional groups attached to an aromatic ring is 1. The number of hydrogen-bond donors (Lipinski definition) is 2. The summed E-state index contributed by atoms with van der Waals surface area (Å²) in [6.07, 6.45) is 1.89. The van der Waals surface area contributed by atoms with Crippen LogP contribution in [0.3, 0.4) is 0 Å². The Morgan fingerprint density at radius 1 is 0.786 bits per heavy atom. The SMILES string of the molecule is COc1ccc(-c2ccc3[nH]c4ncc(-c5cccc(N)c5)cc4c3c2)cc1. The van der Waals surface area contributed by atoms with Crippen molar-refractivity contribution in [3.63, 3.8) is 0 Å². The van der Waals surface area contributed by atoms with Gasteiger partial charge >= 0.3 is 0 Å². The number of rotatable bonds is 3. The molecule has 0 radical (unpaired) electrons. The van der Waals surface area contributed by atoms with Crippen LogP contribution >= 0.6 is 0 Å². The van der Waals surface area contributed by atoms with E-state index in [0.717, 1.165) is 55.6 Å². The number of nitrogens with two attached hydrogens (primary N) is 1. The van der Waals surface area contributed by atoms with Gasteiger partial charge in [0.2, 0.25) is 0 Å². The fourth-order valence-corrected chi connectivity index (χ4v) is 3.61. The van der Waals surface area contributed by atoms with E-state index >= 15 is 0 Å². The van der Waals surface area contributed by atoms with E-state index in [1.54, 1.807) is 7.11 Å². The number of aromatic nitrogens is 2. The van der Waals surface area contributed by atoms with E-state index in [1.807, 2.05) is 36.5 Å². The normalized spacial score (nSPS) is 11.2. The Balaban J connectivity index is 1.66. The van der Waals surface area contributed by atoms with Crippen LogP contribution in [0.5, 0.6) is 5.75 Å². The highest BCUT2D eigenvalue weighted by Gasteiger charge is 2.09. The third-order valence-electron chi connectivity index (χ3n) is 5.09. The first-order chi connectivity index (χ1) is 13.7. The molecule has 0 fully saturated rings. The van der Waals surface area contributed by atoms with Crippen LogP contribution in [0.25, 0.3) is 44.2 Å². The van der Waals surface area contributed by atoms with Crippen LogP contribution in [0.15, 0.2) is 79.0 Å². The average Bonchev–Trinajstić information content (AvgIpc) is 3.11. The number of fused-ring (bicyclic) bond motifs is 3. The van der Waals surface area contributed by atoms with Crippen molar-refractivity contribution in [2.24, 2.45) is 0 Å². The molecule has 0 aliphatic rings. The van der Waals surface area contributed by atoms with Gasteiger partial charge in [0.1, 0.15) is 11.4 Å². The molecular formula is C24H19N3O. The van der Waals surface area contributed by atoms with Gasteiger partial charge in [0.05, 0.1) is 7.11 Å². The van der Waals surface area contributed by atoms with Gasteiger partial charge in [0.15, 0.2) is 0 Å². The molecule has 2 heterocycles. The average molecular weight is 365 g/mol. The smallest absolute Gasteiger partial charge is 0.138 e. The van der Waals surface area contributed by atoms with Gasteiger partial charge in [-0.15, -0.1) is 0 Å². The van der Waals surface area contributed by atoms with Crippen molar-refractivity contribution in [1.82, 2.24) is 9.97 Å². The first-order valence-corrected chi connectivity index (χ1v) is 9.13. The number of ether oxygens (including phenoxy) is 1. The third-order valence-corrected chi connectivity index (χ3v) is 5.09. The molecule has 28 heavy (non-hydrogen) atoms. The fraction of sp³-hybridized carbons (Fsp3) is 0.0417. The van der Waals surface area contributed by atoms with Gasteiger partial charge in [-0.1, -0.05) is 30.3 Å². The number of nitrogens with zero attached hydrogens (tertiary/aromatic N) is 1. The number of pyridine rings is 1. The zero-order valence-corrected chi connectivity index (χ0v) is 15.4. The molecule has 4 heteroatoms. The lowest BCUT2D eigenvalue weighted by molar-refractivity contribution is 0.415. The number of hydrogen-bond acceptors (Lipinski definition) is 3. The van der Waals surface area contributed by atoms with Crippen LogP contribution in [-0.4, -0.2) is 17.1 Å². The Morgan fingerprint density at radius 3 is 2.32 bits per heavy atom. The molecule has 5 aromatic rings. The van der Waals surface area contributed by atoms with E-state index in [9.17, 15) is 0 Å². The van der Waals surface area contributed by atoms with Crippen molar-refractivity contribution in [3.05, 3.63) is 79.0 Å². The van der Waals surface area contributed by atoms with Crippen molar-refractivity contribution >= 4 is 27.6 Å². The van der Waals surface area contributed by atoms with Crippen LogP contribution in [0.4, 0.5) is 5.69 Å². The van der Waals surface area contributed by atoms with Gasteiger partial charge in [0.25, 0.3) is 0 Å². The van der Waals surface area contributed by atoms with Crippen LogP contribution < -0.4 is 10.5 Å². The Morgan fingerprint density at radius 2 is 1.54 bits per heavy atom. The van der Waals surface area contributed by atoms with Crippen LogP contribution in [0.2, 0.25) is 0 Å². The predicted molar refractivity (Wildman–Crippen MR) is 115 cm³/mol. The summed E-state index contributed by atoms with van der Waals surface area (Å²) in [5.41, 5.74) is 13.1. The molecule has 0 unspecified atom stereocenters. The van der Waals surface area contributed by atoms with Crippen LogP contribution in [-0.2, 0) is 0 Å². The molecule has 0 bridgehead atoms. The number of methoxy groups -OCH3 is 1. The van der Waals surface area contributed by atoms with E-state index in [-0.39, 0.29) is 0 Å². The van der Waals surface area contributed by atoms with Crippen molar-refractivity contribution in [3.8, 4) is 28.0 Å². The lowest BCUT2D eigenvalue weighted by Crippen LogP contribution is -1.86. The van der Waals surface area contributed by atoms with Gasteiger partial charge in [-0.25, -0.2) is 4.98 Å². The molecule has 0 spiro atoms. The van der Waals surface area contributed by atoms with Gasteiger partial charge < -0.3 is 15.5 Å². The van der Waals surface area contributed by atoms with Crippen molar-refractivity contribution < 1.29 is 4.74 Å².